The van der Waals surface area contributed by atoms with E-state index >= 15 is 0 Å². The number of hydrogen-bond acceptors (Lipinski definition) is 5. The number of aryl methyl sites for hydroxylation is 2. The first kappa shape index (κ1) is 17.4. The van der Waals surface area contributed by atoms with Crippen LogP contribution in [0.25, 0.3) is 5.82 Å². The van der Waals surface area contributed by atoms with Gasteiger partial charge in [0.05, 0.1) is 12.8 Å². The van der Waals surface area contributed by atoms with E-state index in [9.17, 15) is 4.79 Å². The Morgan fingerprint density at radius 3 is 2.58 bits per heavy atom. The van der Waals surface area contributed by atoms with Gasteiger partial charge < -0.3 is 10.1 Å². The van der Waals surface area contributed by atoms with E-state index in [1.54, 1.807) is 17.9 Å². The lowest BCUT2D eigenvalue weighted by molar-refractivity contribution is 0.251. The van der Waals surface area contributed by atoms with E-state index in [-0.39, 0.29) is 6.03 Å². The average Bonchev–Trinajstić information content (AvgIpc) is 2.99. The third-order valence-corrected chi connectivity index (χ3v) is 3.73. The average molecular weight is 352 g/mol. The van der Waals surface area contributed by atoms with Crippen LogP contribution in [0, 0.1) is 13.8 Å². The van der Waals surface area contributed by atoms with Crippen LogP contribution in [0.3, 0.4) is 0 Å². The zero-order chi connectivity index (χ0) is 18.5. The molecule has 0 aliphatic heterocycles. The number of nitrogens with one attached hydrogen (secondary N) is 2. The van der Waals surface area contributed by atoms with Crippen molar-refractivity contribution in [3.05, 3.63) is 59.7 Å². The summed E-state index contributed by atoms with van der Waals surface area (Å²) in [5, 5.41) is 9.87. The molecule has 0 atom stereocenters. The summed E-state index contributed by atoms with van der Waals surface area (Å²) in [6, 6.07) is 10.8. The Labute approximate surface area is 151 Å². The monoisotopic (exact) mass is 352 g/mol. The third-order valence-electron chi connectivity index (χ3n) is 3.73. The minimum Gasteiger partial charge on any atom is -0.497 e. The molecule has 8 heteroatoms. The Kier molecular flexibility index (Phi) is 5.12. The molecular formula is C18H20N6O2. The zero-order valence-corrected chi connectivity index (χ0v) is 14.9. The number of hydrogen-bond donors (Lipinski definition) is 2. The summed E-state index contributed by atoms with van der Waals surface area (Å²) in [5.41, 5.74) is 2.82. The molecule has 3 aromatic rings. The fraction of sp³-hybridized carbons (Fsp3) is 0.222. The molecule has 1 aromatic carbocycles. The van der Waals surface area contributed by atoms with Gasteiger partial charge in [-0.25, -0.2) is 19.4 Å². The highest BCUT2D eigenvalue weighted by Gasteiger charge is 2.08. The summed E-state index contributed by atoms with van der Waals surface area (Å²) in [6.07, 6.45) is 1.39. The Hall–Kier alpha value is -3.42. The van der Waals surface area contributed by atoms with E-state index in [0.29, 0.717) is 18.2 Å². The Balaban J connectivity index is 1.62. The van der Waals surface area contributed by atoms with E-state index in [1.165, 1.54) is 6.33 Å². The summed E-state index contributed by atoms with van der Waals surface area (Å²) < 4.78 is 6.82. The second-order valence-electron chi connectivity index (χ2n) is 5.76. The Morgan fingerprint density at radius 1 is 1.15 bits per heavy atom. The number of anilines is 1. The maximum atomic E-state index is 12.1. The summed E-state index contributed by atoms with van der Waals surface area (Å²) in [5.74, 6) is 1.77. The zero-order valence-electron chi connectivity index (χ0n) is 14.9. The summed E-state index contributed by atoms with van der Waals surface area (Å²) in [4.78, 5) is 20.4. The first-order valence-electron chi connectivity index (χ1n) is 8.08. The van der Waals surface area contributed by atoms with Crippen molar-refractivity contribution in [1.82, 2.24) is 25.1 Å². The molecule has 0 bridgehead atoms. The molecule has 0 unspecified atom stereocenters. The van der Waals surface area contributed by atoms with Crippen LogP contribution in [0.2, 0.25) is 0 Å². The first-order chi connectivity index (χ1) is 12.5. The maximum Gasteiger partial charge on any atom is 0.320 e. The number of benzene rings is 1. The van der Waals surface area contributed by atoms with Gasteiger partial charge in [-0.3, -0.25) is 5.32 Å². The van der Waals surface area contributed by atoms with Gasteiger partial charge in [-0.05, 0) is 37.6 Å². The van der Waals surface area contributed by atoms with Gasteiger partial charge in [-0.1, -0.05) is 12.1 Å². The molecule has 2 aromatic heterocycles. The second-order valence-corrected chi connectivity index (χ2v) is 5.76. The topological polar surface area (TPSA) is 94.0 Å². The lowest BCUT2D eigenvalue weighted by Gasteiger charge is -2.09. The van der Waals surface area contributed by atoms with Crippen molar-refractivity contribution in [1.29, 1.82) is 0 Å². The molecule has 3 rings (SSSR count). The minimum atomic E-state index is -0.348. The van der Waals surface area contributed by atoms with Crippen molar-refractivity contribution >= 4 is 11.8 Å². The van der Waals surface area contributed by atoms with Crippen LogP contribution in [0.1, 0.15) is 17.0 Å². The van der Waals surface area contributed by atoms with Gasteiger partial charge in [0.15, 0.2) is 5.82 Å². The van der Waals surface area contributed by atoms with Crippen molar-refractivity contribution < 1.29 is 9.53 Å². The fourth-order valence-corrected chi connectivity index (χ4v) is 2.48. The molecule has 0 saturated carbocycles. The van der Waals surface area contributed by atoms with Gasteiger partial charge in [0, 0.05) is 18.3 Å². The SMILES string of the molecule is COc1ccc(CNC(=O)Nc2cc(-n3nc(C)cc3C)ncn2)cc1. The number of urea groups is 1. The van der Waals surface area contributed by atoms with Crippen LogP contribution in [0.15, 0.2) is 42.7 Å². The van der Waals surface area contributed by atoms with Crippen LogP contribution in [0.4, 0.5) is 10.6 Å². The maximum absolute atomic E-state index is 12.1. The highest BCUT2D eigenvalue weighted by molar-refractivity contribution is 5.88. The highest BCUT2D eigenvalue weighted by atomic mass is 16.5. The first-order valence-corrected chi connectivity index (χ1v) is 8.08. The predicted molar refractivity (Wildman–Crippen MR) is 97.5 cm³/mol. The van der Waals surface area contributed by atoms with Crippen molar-refractivity contribution in [2.24, 2.45) is 0 Å². The number of ether oxygens (including phenoxy) is 1. The normalized spacial score (nSPS) is 10.4. The molecule has 2 heterocycles. The number of carbonyl (C=O) groups excluding carboxylic acids is 1. The summed E-state index contributed by atoms with van der Waals surface area (Å²) >= 11 is 0. The lowest BCUT2D eigenvalue weighted by atomic mass is 10.2. The van der Waals surface area contributed by atoms with Crippen LogP contribution in [0.5, 0.6) is 5.75 Å². The van der Waals surface area contributed by atoms with Crippen molar-refractivity contribution in [3.8, 4) is 11.6 Å². The van der Waals surface area contributed by atoms with Gasteiger partial charge in [-0.15, -0.1) is 0 Å². The molecular weight excluding hydrogens is 332 g/mol. The van der Waals surface area contributed by atoms with E-state index in [0.717, 1.165) is 22.7 Å². The molecule has 0 radical (unpaired) electrons. The van der Waals surface area contributed by atoms with Gasteiger partial charge in [0.1, 0.15) is 17.9 Å². The number of nitrogens with zero attached hydrogens (tertiary/aromatic N) is 4. The number of rotatable bonds is 5. The molecule has 8 nitrogen and oxygen atoms in total. The lowest BCUT2D eigenvalue weighted by Crippen LogP contribution is -2.28. The quantitative estimate of drug-likeness (QED) is 0.736. The molecule has 0 spiro atoms. The Bertz CT molecular complexity index is 904. The van der Waals surface area contributed by atoms with Crippen LogP contribution in [-0.4, -0.2) is 32.9 Å². The molecule has 134 valence electrons. The molecule has 2 N–H and O–H groups in total. The molecule has 0 saturated heterocycles. The van der Waals surface area contributed by atoms with E-state index < -0.39 is 0 Å². The summed E-state index contributed by atoms with van der Waals surface area (Å²) in [6.45, 7) is 4.25. The van der Waals surface area contributed by atoms with Gasteiger partial charge in [0.25, 0.3) is 0 Å². The van der Waals surface area contributed by atoms with Gasteiger partial charge in [-0.2, -0.15) is 5.10 Å². The van der Waals surface area contributed by atoms with Gasteiger partial charge >= 0.3 is 6.03 Å². The number of amides is 2. The van der Waals surface area contributed by atoms with E-state index in [4.69, 9.17) is 4.74 Å². The molecule has 0 aliphatic rings. The largest absolute Gasteiger partial charge is 0.497 e. The second kappa shape index (κ2) is 7.64. The fourth-order valence-electron chi connectivity index (χ4n) is 2.48. The number of carbonyl (C=O) groups is 1. The highest BCUT2D eigenvalue weighted by Crippen LogP contribution is 2.13. The van der Waals surface area contributed by atoms with E-state index in [2.05, 4.69) is 25.7 Å². The van der Waals surface area contributed by atoms with Crippen LogP contribution in [-0.2, 0) is 6.54 Å². The summed E-state index contributed by atoms with van der Waals surface area (Å²) in [7, 11) is 1.61. The number of methoxy groups -OCH3 is 1. The number of aromatic nitrogens is 4. The van der Waals surface area contributed by atoms with Crippen molar-refractivity contribution in [3.63, 3.8) is 0 Å². The smallest absolute Gasteiger partial charge is 0.320 e. The van der Waals surface area contributed by atoms with E-state index in [1.807, 2.05) is 44.2 Å². The Morgan fingerprint density at radius 2 is 1.92 bits per heavy atom. The molecule has 0 aliphatic carbocycles. The standard InChI is InChI=1S/C18H20N6O2/c1-12-8-13(2)24(23-12)17-9-16(20-11-21-17)22-18(25)19-10-14-4-6-15(26-3)7-5-14/h4-9,11H,10H2,1-3H3,(H2,19,20,21,22,25). The van der Waals surface area contributed by atoms with Crippen LogP contribution < -0.4 is 15.4 Å². The molecule has 26 heavy (non-hydrogen) atoms. The van der Waals surface area contributed by atoms with Crippen LogP contribution >= 0.6 is 0 Å². The molecule has 2 amide bonds. The van der Waals surface area contributed by atoms with Crippen molar-refractivity contribution in [2.75, 3.05) is 12.4 Å². The predicted octanol–water partition coefficient (Wildman–Crippen LogP) is 2.61. The third kappa shape index (κ3) is 4.15. The van der Waals surface area contributed by atoms with Crippen molar-refractivity contribution in [2.45, 2.75) is 20.4 Å². The molecule has 0 fully saturated rings. The van der Waals surface area contributed by atoms with Gasteiger partial charge in [0.2, 0.25) is 0 Å². The minimum absolute atomic E-state index is 0.348.